The van der Waals surface area contributed by atoms with Crippen molar-refractivity contribution in [2.75, 3.05) is 13.1 Å². The van der Waals surface area contributed by atoms with Crippen molar-refractivity contribution in [3.8, 4) is 11.4 Å². The lowest BCUT2D eigenvalue weighted by molar-refractivity contribution is -0.124. The third-order valence-corrected chi connectivity index (χ3v) is 7.15. The van der Waals surface area contributed by atoms with E-state index in [1.54, 1.807) is 24.1 Å². The predicted octanol–water partition coefficient (Wildman–Crippen LogP) is 1.85. The molecule has 1 aromatic heterocycles. The first-order valence-corrected chi connectivity index (χ1v) is 12.4. The first-order chi connectivity index (χ1) is 16.1. The minimum Gasteiger partial charge on any atom is -0.338 e. The maximum Gasteiger partial charge on any atom is 0.264 e. The van der Waals surface area contributed by atoms with Crippen molar-refractivity contribution >= 4 is 21.8 Å². The van der Waals surface area contributed by atoms with Gasteiger partial charge < -0.3 is 4.90 Å². The van der Waals surface area contributed by atoms with Crippen molar-refractivity contribution in [2.24, 2.45) is 13.0 Å². The molecule has 10 nitrogen and oxygen atoms in total. The van der Waals surface area contributed by atoms with Gasteiger partial charge in [0.15, 0.2) is 5.82 Å². The lowest BCUT2D eigenvalue weighted by atomic mass is 9.96. The van der Waals surface area contributed by atoms with Crippen LogP contribution in [0.4, 0.5) is 0 Å². The maximum atomic E-state index is 13.0. The van der Waals surface area contributed by atoms with E-state index < -0.39 is 21.8 Å². The number of tetrazole rings is 1. The minimum atomic E-state index is -4.12. The molecular weight excluding hydrogens is 456 g/mol. The van der Waals surface area contributed by atoms with Gasteiger partial charge in [-0.2, -0.15) is 0 Å². The van der Waals surface area contributed by atoms with Crippen molar-refractivity contribution in [1.29, 1.82) is 0 Å². The molecule has 0 saturated carbocycles. The van der Waals surface area contributed by atoms with Crippen LogP contribution in [0.3, 0.4) is 0 Å². The molecule has 1 atom stereocenters. The Morgan fingerprint density at radius 2 is 1.82 bits per heavy atom. The molecule has 1 N–H and O–H groups in total. The zero-order valence-electron chi connectivity index (χ0n) is 19.2. The lowest BCUT2D eigenvalue weighted by Gasteiger charge is -2.32. The number of carbonyl (C=O) groups is 2. The van der Waals surface area contributed by atoms with Crippen molar-refractivity contribution in [3.63, 3.8) is 0 Å². The van der Waals surface area contributed by atoms with Gasteiger partial charge in [-0.05, 0) is 61.4 Å². The van der Waals surface area contributed by atoms with Gasteiger partial charge in [0.05, 0.1) is 10.8 Å². The summed E-state index contributed by atoms with van der Waals surface area (Å²) in [7, 11) is -2.47. The highest BCUT2D eigenvalue weighted by molar-refractivity contribution is 7.90. The average molecular weight is 483 g/mol. The number of nitrogens with zero attached hydrogens (tertiary/aromatic N) is 5. The van der Waals surface area contributed by atoms with Gasteiger partial charge in [-0.15, -0.1) is 5.10 Å². The van der Waals surface area contributed by atoms with Crippen LogP contribution in [0.15, 0.2) is 47.4 Å². The lowest BCUT2D eigenvalue weighted by Crippen LogP contribution is -2.46. The van der Waals surface area contributed by atoms with Gasteiger partial charge in [0.1, 0.15) is 0 Å². The van der Waals surface area contributed by atoms with E-state index >= 15 is 0 Å². The van der Waals surface area contributed by atoms with E-state index in [1.165, 1.54) is 16.8 Å². The summed E-state index contributed by atoms with van der Waals surface area (Å²) < 4.78 is 29.5. The first-order valence-electron chi connectivity index (χ1n) is 10.9. The Kier molecular flexibility index (Phi) is 6.47. The van der Waals surface area contributed by atoms with E-state index in [4.69, 9.17) is 0 Å². The number of rotatable bonds is 5. The topological polar surface area (TPSA) is 127 Å². The number of amides is 2. The number of hydrogen-bond donors (Lipinski definition) is 1. The number of carbonyl (C=O) groups excluding carboxylic acids is 2. The molecule has 4 rings (SSSR count). The van der Waals surface area contributed by atoms with Gasteiger partial charge in [0, 0.05) is 31.3 Å². The molecule has 178 valence electrons. The molecule has 2 heterocycles. The Balaban J connectivity index is 1.48. The summed E-state index contributed by atoms with van der Waals surface area (Å²) in [5.41, 5.74) is 3.05. The Morgan fingerprint density at radius 1 is 1.09 bits per heavy atom. The van der Waals surface area contributed by atoms with E-state index in [1.807, 2.05) is 32.0 Å². The van der Waals surface area contributed by atoms with Crippen LogP contribution >= 0.6 is 0 Å². The van der Waals surface area contributed by atoms with Gasteiger partial charge in [0.2, 0.25) is 5.91 Å². The van der Waals surface area contributed by atoms with Crippen LogP contribution in [-0.2, 0) is 21.9 Å². The second-order valence-electron chi connectivity index (χ2n) is 8.59. The van der Waals surface area contributed by atoms with Crippen molar-refractivity contribution < 1.29 is 18.0 Å². The van der Waals surface area contributed by atoms with Gasteiger partial charge in [-0.25, -0.2) is 17.8 Å². The molecule has 3 aromatic rings. The van der Waals surface area contributed by atoms with Crippen LogP contribution in [0.25, 0.3) is 11.4 Å². The van der Waals surface area contributed by atoms with Crippen molar-refractivity contribution in [2.45, 2.75) is 31.6 Å². The van der Waals surface area contributed by atoms with E-state index in [9.17, 15) is 18.0 Å². The highest BCUT2D eigenvalue weighted by Gasteiger charge is 2.31. The molecule has 0 aliphatic carbocycles. The number of sulfonamides is 1. The molecule has 1 aliphatic heterocycles. The first kappa shape index (κ1) is 23.6. The Hall–Kier alpha value is -3.60. The second-order valence-corrected chi connectivity index (χ2v) is 10.3. The molecule has 34 heavy (non-hydrogen) atoms. The molecule has 0 radical (unpaired) electrons. The maximum absolute atomic E-state index is 13.0. The molecule has 2 amide bonds. The van der Waals surface area contributed by atoms with Crippen LogP contribution in [0.1, 0.15) is 34.3 Å². The van der Waals surface area contributed by atoms with Gasteiger partial charge >= 0.3 is 0 Å². The molecule has 2 aromatic carbocycles. The zero-order chi connectivity index (χ0) is 24.5. The fourth-order valence-electron chi connectivity index (χ4n) is 4.21. The number of aromatic nitrogens is 4. The summed E-state index contributed by atoms with van der Waals surface area (Å²) in [6, 6.07) is 11.7. The number of nitrogens with one attached hydrogen (secondary N) is 1. The predicted molar refractivity (Wildman–Crippen MR) is 124 cm³/mol. The number of aryl methyl sites for hydroxylation is 3. The van der Waals surface area contributed by atoms with Crippen molar-refractivity contribution in [3.05, 3.63) is 59.2 Å². The summed E-state index contributed by atoms with van der Waals surface area (Å²) in [6.07, 6.45) is 1.12. The van der Waals surface area contributed by atoms with E-state index in [-0.39, 0.29) is 17.3 Å². The van der Waals surface area contributed by atoms with Gasteiger partial charge in [0.25, 0.3) is 15.9 Å². The molecular formula is C23H26N6O4S. The van der Waals surface area contributed by atoms with Gasteiger partial charge in [-0.3, -0.25) is 9.59 Å². The Bertz CT molecular complexity index is 1330. The summed E-state index contributed by atoms with van der Waals surface area (Å²) in [5.74, 6) is -0.999. The van der Waals surface area contributed by atoms with Crippen LogP contribution in [-0.4, -0.2) is 58.4 Å². The molecule has 1 unspecified atom stereocenters. The number of piperidine rings is 1. The summed E-state index contributed by atoms with van der Waals surface area (Å²) in [6.45, 7) is 4.54. The zero-order valence-corrected chi connectivity index (χ0v) is 20.0. The molecule has 0 bridgehead atoms. The summed E-state index contributed by atoms with van der Waals surface area (Å²) >= 11 is 0. The standard InChI is InChI=1S/C23H26N6O4S/c1-15-10-16(2)12-19(11-15)23(31)29-9-5-7-18(14-29)22(30)25-34(32,33)20-8-4-6-17(13-20)21-24-26-27-28(21)3/h4,6,8,10-13,18H,5,7,9,14H2,1-3H3,(H,25,30). The van der Waals surface area contributed by atoms with Crippen LogP contribution in [0, 0.1) is 19.8 Å². The normalized spacial score (nSPS) is 16.3. The molecule has 1 fully saturated rings. The largest absolute Gasteiger partial charge is 0.338 e. The monoisotopic (exact) mass is 482 g/mol. The van der Waals surface area contributed by atoms with Crippen LogP contribution in [0.2, 0.25) is 0 Å². The van der Waals surface area contributed by atoms with Crippen LogP contribution < -0.4 is 4.72 Å². The fraction of sp³-hybridized carbons (Fsp3) is 0.348. The van der Waals surface area contributed by atoms with Crippen molar-refractivity contribution in [1.82, 2.24) is 29.8 Å². The Labute approximate surface area is 198 Å². The highest BCUT2D eigenvalue weighted by Crippen LogP contribution is 2.23. The molecule has 11 heteroatoms. The average Bonchev–Trinajstić information content (AvgIpc) is 3.23. The van der Waals surface area contributed by atoms with E-state index in [0.29, 0.717) is 36.3 Å². The number of hydrogen-bond acceptors (Lipinski definition) is 7. The third-order valence-electron chi connectivity index (χ3n) is 5.81. The van der Waals surface area contributed by atoms with E-state index in [2.05, 4.69) is 20.2 Å². The summed E-state index contributed by atoms with van der Waals surface area (Å²) in [5, 5.41) is 11.2. The SMILES string of the molecule is Cc1cc(C)cc(C(=O)N2CCCC(C(=O)NS(=O)(=O)c3cccc(-c4nnnn4C)c3)C2)c1. The molecule has 0 spiro atoms. The quantitative estimate of drug-likeness (QED) is 0.588. The second kappa shape index (κ2) is 9.34. The number of benzene rings is 2. The number of likely N-dealkylation sites (tertiary alicyclic amines) is 1. The summed E-state index contributed by atoms with van der Waals surface area (Å²) in [4.78, 5) is 27.5. The third kappa shape index (κ3) is 4.98. The Morgan fingerprint density at radius 3 is 2.50 bits per heavy atom. The van der Waals surface area contributed by atoms with Gasteiger partial charge in [-0.1, -0.05) is 29.3 Å². The van der Waals surface area contributed by atoms with E-state index in [0.717, 1.165) is 11.1 Å². The molecule has 1 aliphatic rings. The fourth-order valence-corrected chi connectivity index (χ4v) is 5.30. The highest BCUT2D eigenvalue weighted by atomic mass is 32.2. The minimum absolute atomic E-state index is 0.0691. The van der Waals surface area contributed by atoms with Crippen LogP contribution in [0.5, 0.6) is 0 Å². The smallest absolute Gasteiger partial charge is 0.264 e. The molecule has 1 saturated heterocycles.